The van der Waals surface area contributed by atoms with Gasteiger partial charge in [0.25, 0.3) is 5.91 Å². The molecule has 0 saturated carbocycles. The van der Waals surface area contributed by atoms with Crippen molar-refractivity contribution in [2.24, 2.45) is 0 Å². The maximum Gasteiger partial charge on any atom is 0.255 e. The number of methoxy groups -OCH3 is 1. The summed E-state index contributed by atoms with van der Waals surface area (Å²) in [7, 11) is 1.56. The standard InChI is InChI=1S/C25H33N3O4/c1-31-24-7-6-21(27-20-9-12-32-13-10-20)14-23(24)25(30)26-15-22(29)17-28-11-8-18-4-2-3-5-19(18)16-28/h2-7,14,20,22,27,29H,8-13,15-17H2,1H3,(H,26,30). The summed E-state index contributed by atoms with van der Waals surface area (Å²) in [4.78, 5) is 15.1. The number of rotatable bonds is 8. The molecule has 2 aromatic carbocycles. The monoisotopic (exact) mass is 439 g/mol. The van der Waals surface area contributed by atoms with Crippen LogP contribution < -0.4 is 15.4 Å². The molecule has 1 atom stereocenters. The molecule has 0 radical (unpaired) electrons. The number of carbonyl (C=O) groups excluding carboxylic acids is 1. The number of amides is 1. The van der Waals surface area contributed by atoms with E-state index < -0.39 is 6.10 Å². The van der Waals surface area contributed by atoms with E-state index in [0.29, 0.717) is 23.9 Å². The quantitative estimate of drug-likeness (QED) is 0.586. The molecule has 0 aliphatic carbocycles. The fraction of sp³-hybridized carbons (Fsp3) is 0.480. The summed E-state index contributed by atoms with van der Waals surface area (Å²) >= 11 is 0. The zero-order valence-electron chi connectivity index (χ0n) is 18.7. The number of ether oxygens (including phenoxy) is 2. The van der Waals surface area contributed by atoms with Gasteiger partial charge >= 0.3 is 0 Å². The maximum atomic E-state index is 12.9. The summed E-state index contributed by atoms with van der Waals surface area (Å²) in [5.41, 5.74) is 4.04. The Kier molecular flexibility index (Phi) is 7.63. The Balaban J connectivity index is 1.31. The number of nitrogens with zero attached hydrogens (tertiary/aromatic N) is 1. The Bertz CT molecular complexity index is 914. The molecule has 32 heavy (non-hydrogen) atoms. The second-order valence-electron chi connectivity index (χ2n) is 8.56. The van der Waals surface area contributed by atoms with Crippen LogP contribution in [0.2, 0.25) is 0 Å². The number of aliphatic hydroxyl groups is 1. The Morgan fingerprint density at radius 3 is 2.78 bits per heavy atom. The van der Waals surface area contributed by atoms with Gasteiger partial charge in [-0.1, -0.05) is 24.3 Å². The van der Waals surface area contributed by atoms with Crippen LogP contribution in [-0.2, 0) is 17.7 Å². The van der Waals surface area contributed by atoms with Crippen molar-refractivity contribution in [1.29, 1.82) is 0 Å². The topological polar surface area (TPSA) is 83.1 Å². The van der Waals surface area contributed by atoms with Crippen molar-refractivity contribution in [2.75, 3.05) is 45.3 Å². The van der Waals surface area contributed by atoms with Crippen LogP contribution in [0.25, 0.3) is 0 Å². The van der Waals surface area contributed by atoms with Gasteiger partial charge in [-0.15, -0.1) is 0 Å². The average Bonchev–Trinajstić information content (AvgIpc) is 2.83. The van der Waals surface area contributed by atoms with Gasteiger partial charge in [0.2, 0.25) is 0 Å². The largest absolute Gasteiger partial charge is 0.496 e. The number of nitrogens with one attached hydrogen (secondary N) is 2. The molecule has 0 bridgehead atoms. The second-order valence-corrected chi connectivity index (χ2v) is 8.56. The first-order chi connectivity index (χ1) is 15.6. The third-order valence-electron chi connectivity index (χ3n) is 6.21. The van der Waals surface area contributed by atoms with Crippen molar-refractivity contribution in [2.45, 2.75) is 38.0 Å². The lowest BCUT2D eigenvalue weighted by atomic mass is 10.00. The minimum atomic E-state index is -0.640. The molecule has 1 amide bonds. The van der Waals surface area contributed by atoms with Gasteiger partial charge in [-0.3, -0.25) is 9.69 Å². The van der Waals surface area contributed by atoms with Crippen molar-refractivity contribution >= 4 is 11.6 Å². The lowest BCUT2D eigenvalue weighted by Crippen LogP contribution is -2.42. The van der Waals surface area contributed by atoms with Crippen molar-refractivity contribution in [1.82, 2.24) is 10.2 Å². The summed E-state index contributed by atoms with van der Waals surface area (Å²) in [5.74, 6) is 0.266. The molecule has 1 saturated heterocycles. The van der Waals surface area contributed by atoms with E-state index in [1.807, 2.05) is 12.1 Å². The molecule has 4 rings (SSSR count). The van der Waals surface area contributed by atoms with E-state index in [1.54, 1.807) is 13.2 Å². The minimum Gasteiger partial charge on any atom is -0.496 e. The summed E-state index contributed by atoms with van der Waals surface area (Å²) in [5, 5.41) is 16.9. The summed E-state index contributed by atoms with van der Waals surface area (Å²) in [6, 6.07) is 14.3. The van der Waals surface area contributed by atoms with Crippen LogP contribution in [0.3, 0.4) is 0 Å². The molecule has 2 aromatic rings. The molecule has 1 unspecified atom stereocenters. The molecular formula is C25H33N3O4. The van der Waals surface area contributed by atoms with Gasteiger partial charge in [0.15, 0.2) is 0 Å². The summed E-state index contributed by atoms with van der Waals surface area (Å²) in [6.45, 7) is 3.96. The highest BCUT2D eigenvalue weighted by Gasteiger charge is 2.20. The van der Waals surface area contributed by atoms with Gasteiger partial charge in [0.05, 0.1) is 18.8 Å². The average molecular weight is 440 g/mol. The molecule has 7 nitrogen and oxygen atoms in total. The zero-order valence-corrected chi connectivity index (χ0v) is 18.7. The van der Waals surface area contributed by atoms with Crippen LogP contribution in [0, 0.1) is 0 Å². The SMILES string of the molecule is COc1ccc(NC2CCOCC2)cc1C(=O)NCC(O)CN1CCc2ccccc2C1. The predicted octanol–water partition coefficient (Wildman–Crippen LogP) is 2.44. The van der Waals surface area contributed by atoms with Gasteiger partial charge in [0.1, 0.15) is 5.75 Å². The number of hydrogen-bond donors (Lipinski definition) is 3. The first-order valence-corrected chi connectivity index (χ1v) is 11.4. The van der Waals surface area contributed by atoms with Crippen molar-refractivity contribution in [3.8, 4) is 5.75 Å². The van der Waals surface area contributed by atoms with Crippen LogP contribution in [0.4, 0.5) is 5.69 Å². The molecule has 2 aliphatic heterocycles. The van der Waals surface area contributed by atoms with Crippen molar-refractivity contribution in [3.63, 3.8) is 0 Å². The van der Waals surface area contributed by atoms with E-state index >= 15 is 0 Å². The number of aliphatic hydroxyl groups excluding tert-OH is 1. The maximum absolute atomic E-state index is 12.9. The number of hydrogen-bond acceptors (Lipinski definition) is 6. The first kappa shape index (κ1) is 22.6. The molecule has 2 aliphatic rings. The normalized spacial score (nSPS) is 17.9. The number of carbonyl (C=O) groups is 1. The third kappa shape index (κ3) is 5.79. The molecule has 2 heterocycles. The molecule has 3 N–H and O–H groups in total. The second kappa shape index (κ2) is 10.8. The van der Waals surface area contributed by atoms with E-state index in [2.05, 4.69) is 39.8 Å². The number of fused-ring (bicyclic) bond motifs is 1. The highest BCUT2D eigenvalue weighted by atomic mass is 16.5. The van der Waals surface area contributed by atoms with Crippen LogP contribution >= 0.6 is 0 Å². The Morgan fingerprint density at radius 1 is 1.22 bits per heavy atom. The van der Waals surface area contributed by atoms with Crippen LogP contribution in [0.1, 0.15) is 34.3 Å². The highest BCUT2D eigenvalue weighted by molar-refractivity contribution is 5.98. The van der Waals surface area contributed by atoms with E-state index in [1.165, 1.54) is 11.1 Å². The van der Waals surface area contributed by atoms with Gasteiger partial charge in [-0.2, -0.15) is 0 Å². The van der Waals surface area contributed by atoms with E-state index in [9.17, 15) is 9.90 Å². The molecule has 1 fully saturated rings. The molecule has 0 aromatic heterocycles. The van der Waals surface area contributed by atoms with Crippen molar-refractivity contribution in [3.05, 3.63) is 59.2 Å². The number of β-amino-alcohol motifs (C(OH)–C–C–N with tert-alkyl or cyclic N) is 1. The first-order valence-electron chi connectivity index (χ1n) is 11.4. The predicted molar refractivity (Wildman–Crippen MR) is 124 cm³/mol. The Morgan fingerprint density at radius 2 is 2.00 bits per heavy atom. The Hall–Kier alpha value is -2.61. The minimum absolute atomic E-state index is 0.192. The third-order valence-corrected chi connectivity index (χ3v) is 6.21. The van der Waals surface area contributed by atoms with Gasteiger partial charge < -0.3 is 25.2 Å². The van der Waals surface area contributed by atoms with Crippen LogP contribution in [0.5, 0.6) is 5.75 Å². The van der Waals surface area contributed by atoms with Gasteiger partial charge in [-0.25, -0.2) is 0 Å². The Labute approximate surface area is 189 Å². The fourth-order valence-electron chi connectivity index (χ4n) is 4.43. The van der Waals surface area contributed by atoms with Gasteiger partial charge in [-0.05, 0) is 48.6 Å². The van der Waals surface area contributed by atoms with Crippen molar-refractivity contribution < 1.29 is 19.4 Å². The summed E-state index contributed by atoms with van der Waals surface area (Å²) in [6.07, 6.45) is 2.24. The molecular weight excluding hydrogens is 406 g/mol. The van der Waals surface area contributed by atoms with Crippen LogP contribution in [0.15, 0.2) is 42.5 Å². The van der Waals surface area contributed by atoms with E-state index in [-0.39, 0.29) is 12.5 Å². The summed E-state index contributed by atoms with van der Waals surface area (Å²) < 4.78 is 10.8. The smallest absolute Gasteiger partial charge is 0.255 e. The number of anilines is 1. The molecule has 172 valence electrons. The molecule has 0 spiro atoms. The van der Waals surface area contributed by atoms with E-state index in [4.69, 9.17) is 9.47 Å². The van der Waals surface area contributed by atoms with E-state index in [0.717, 1.165) is 51.3 Å². The van der Waals surface area contributed by atoms with Crippen LogP contribution in [-0.4, -0.2) is 68.0 Å². The lowest BCUT2D eigenvalue weighted by molar-refractivity contribution is 0.0839. The lowest BCUT2D eigenvalue weighted by Gasteiger charge is -2.30. The molecule has 7 heteroatoms. The highest BCUT2D eigenvalue weighted by Crippen LogP contribution is 2.24. The zero-order chi connectivity index (χ0) is 22.3. The number of benzene rings is 2. The van der Waals surface area contributed by atoms with Gasteiger partial charge in [0, 0.05) is 51.1 Å². The fourth-order valence-corrected chi connectivity index (χ4v) is 4.43.